The minimum atomic E-state index is -0.0115. The SMILES string of the molecule is CC(C)CCCC(C)C(=O)OCC1CCC2OC2C1. The van der Waals surface area contributed by atoms with Gasteiger partial charge in [0.2, 0.25) is 0 Å². The summed E-state index contributed by atoms with van der Waals surface area (Å²) < 4.78 is 11.0. The van der Waals surface area contributed by atoms with Gasteiger partial charge in [-0.3, -0.25) is 4.79 Å². The van der Waals surface area contributed by atoms with Crippen LogP contribution in [0.1, 0.15) is 59.3 Å². The number of esters is 1. The number of ether oxygens (including phenoxy) is 2. The number of hydrogen-bond acceptors (Lipinski definition) is 3. The third kappa shape index (κ3) is 4.79. The number of fused-ring (bicyclic) bond motifs is 1. The van der Waals surface area contributed by atoms with Crippen LogP contribution in [0.4, 0.5) is 0 Å². The zero-order valence-electron chi connectivity index (χ0n) is 12.6. The highest BCUT2D eigenvalue weighted by molar-refractivity contribution is 5.71. The van der Waals surface area contributed by atoms with Crippen LogP contribution in [0.2, 0.25) is 0 Å². The second-order valence-corrected chi connectivity index (χ2v) is 6.75. The molecule has 0 amide bonds. The predicted octanol–water partition coefficient (Wildman–Crippen LogP) is 3.56. The largest absolute Gasteiger partial charge is 0.465 e. The van der Waals surface area contributed by atoms with E-state index in [2.05, 4.69) is 13.8 Å². The van der Waals surface area contributed by atoms with Crippen molar-refractivity contribution in [1.82, 2.24) is 0 Å². The van der Waals surface area contributed by atoms with Gasteiger partial charge in [0, 0.05) is 0 Å². The molecule has 3 nitrogen and oxygen atoms in total. The van der Waals surface area contributed by atoms with Gasteiger partial charge in [-0.1, -0.05) is 33.6 Å². The number of carbonyl (C=O) groups excluding carboxylic acids is 1. The number of epoxide rings is 1. The first-order valence-electron chi connectivity index (χ1n) is 7.88. The molecule has 1 saturated carbocycles. The van der Waals surface area contributed by atoms with Gasteiger partial charge in [-0.25, -0.2) is 0 Å². The Bertz CT molecular complexity index is 300. The second-order valence-electron chi connectivity index (χ2n) is 6.75. The lowest BCUT2D eigenvalue weighted by Gasteiger charge is -2.20. The van der Waals surface area contributed by atoms with Gasteiger partial charge in [0.05, 0.1) is 24.7 Å². The van der Waals surface area contributed by atoms with Crippen LogP contribution >= 0.6 is 0 Å². The van der Waals surface area contributed by atoms with E-state index in [9.17, 15) is 4.79 Å². The molecule has 0 bridgehead atoms. The van der Waals surface area contributed by atoms with Gasteiger partial charge >= 0.3 is 5.97 Å². The average Bonchev–Trinajstić information content (AvgIpc) is 3.13. The fourth-order valence-corrected chi connectivity index (χ4v) is 2.93. The first kappa shape index (κ1) is 14.8. The van der Waals surface area contributed by atoms with Gasteiger partial charge in [-0.15, -0.1) is 0 Å². The Balaban J connectivity index is 1.57. The quantitative estimate of drug-likeness (QED) is 0.523. The van der Waals surface area contributed by atoms with Crippen LogP contribution in [-0.4, -0.2) is 24.8 Å². The highest BCUT2D eigenvalue weighted by atomic mass is 16.6. The Morgan fingerprint density at radius 2 is 2.00 bits per heavy atom. The Kier molecular flexibility index (Phi) is 5.26. The molecule has 0 radical (unpaired) electrons. The maximum absolute atomic E-state index is 11.9. The normalized spacial score (nSPS) is 30.8. The summed E-state index contributed by atoms with van der Waals surface area (Å²) in [6.07, 6.45) is 7.65. The lowest BCUT2D eigenvalue weighted by atomic mass is 9.90. The zero-order chi connectivity index (χ0) is 13.8. The summed E-state index contributed by atoms with van der Waals surface area (Å²) in [5.41, 5.74) is 0. The van der Waals surface area contributed by atoms with E-state index in [1.807, 2.05) is 6.92 Å². The van der Waals surface area contributed by atoms with Crippen LogP contribution in [0.5, 0.6) is 0 Å². The van der Waals surface area contributed by atoms with E-state index in [-0.39, 0.29) is 11.9 Å². The molecular weight excluding hydrogens is 240 g/mol. The molecule has 0 spiro atoms. The standard InChI is InChI=1S/C16H28O3/c1-11(2)5-4-6-12(3)16(17)18-10-13-7-8-14-15(9-13)19-14/h11-15H,4-10H2,1-3H3. The summed E-state index contributed by atoms with van der Waals surface area (Å²) in [5.74, 6) is 1.28. The fraction of sp³-hybridized carbons (Fsp3) is 0.938. The lowest BCUT2D eigenvalue weighted by Crippen LogP contribution is -2.23. The summed E-state index contributed by atoms with van der Waals surface area (Å²) in [5, 5.41) is 0. The molecule has 0 aromatic carbocycles. The molecule has 0 aromatic heterocycles. The molecule has 0 aromatic rings. The minimum Gasteiger partial charge on any atom is -0.465 e. The van der Waals surface area contributed by atoms with Crippen molar-refractivity contribution in [1.29, 1.82) is 0 Å². The van der Waals surface area contributed by atoms with Crippen LogP contribution in [0.3, 0.4) is 0 Å². The topological polar surface area (TPSA) is 38.8 Å². The van der Waals surface area contributed by atoms with E-state index in [0.717, 1.165) is 38.0 Å². The Morgan fingerprint density at radius 3 is 2.68 bits per heavy atom. The van der Waals surface area contributed by atoms with E-state index in [1.54, 1.807) is 0 Å². The van der Waals surface area contributed by atoms with Crippen molar-refractivity contribution >= 4 is 5.97 Å². The van der Waals surface area contributed by atoms with Crippen LogP contribution in [-0.2, 0) is 14.3 Å². The molecule has 2 fully saturated rings. The number of rotatable bonds is 7. The molecule has 1 heterocycles. The molecule has 4 unspecified atom stereocenters. The first-order chi connectivity index (χ1) is 9.06. The highest BCUT2D eigenvalue weighted by Crippen LogP contribution is 2.39. The third-order valence-electron chi connectivity index (χ3n) is 4.39. The molecule has 1 aliphatic heterocycles. The Morgan fingerprint density at radius 1 is 1.21 bits per heavy atom. The first-order valence-corrected chi connectivity index (χ1v) is 7.88. The van der Waals surface area contributed by atoms with Crippen molar-refractivity contribution in [2.24, 2.45) is 17.8 Å². The van der Waals surface area contributed by atoms with Crippen LogP contribution in [0, 0.1) is 17.8 Å². The summed E-state index contributed by atoms with van der Waals surface area (Å²) >= 11 is 0. The summed E-state index contributed by atoms with van der Waals surface area (Å²) in [6, 6.07) is 0. The van der Waals surface area contributed by atoms with Crippen molar-refractivity contribution < 1.29 is 14.3 Å². The molecule has 1 aliphatic carbocycles. The Hall–Kier alpha value is -0.570. The van der Waals surface area contributed by atoms with E-state index >= 15 is 0 Å². The second kappa shape index (κ2) is 6.74. The van der Waals surface area contributed by atoms with Crippen molar-refractivity contribution in [2.45, 2.75) is 71.5 Å². The average molecular weight is 268 g/mol. The smallest absolute Gasteiger partial charge is 0.308 e. The highest BCUT2D eigenvalue weighted by Gasteiger charge is 2.44. The van der Waals surface area contributed by atoms with Crippen LogP contribution < -0.4 is 0 Å². The monoisotopic (exact) mass is 268 g/mol. The van der Waals surface area contributed by atoms with Crippen molar-refractivity contribution in [3.63, 3.8) is 0 Å². The predicted molar refractivity (Wildman–Crippen MR) is 74.8 cm³/mol. The van der Waals surface area contributed by atoms with Crippen molar-refractivity contribution in [2.75, 3.05) is 6.61 Å². The number of carbonyl (C=O) groups is 1. The number of hydrogen-bond donors (Lipinski definition) is 0. The van der Waals surface area contributed by atoms with Crippen molar-refractivity contribution in [3.8, 4) is 0 Å². The van der Waals surface area contributed by atoms with E-state index < -0.39 is 0 Å². The summed E-state index contributed by atoms with van der Waals surface area (Å²) in [7, 11) is 0. The van der Waals surface area contributed by atoms with Crippen LogP contribution in [0.15, 0.2) is 0 Å². The van der Waals surface area contributed by atoms with Crippen LogP contribution in [0.25, 0.3) is 0 Å². The molecule has 110 valence electrons. The zero-order valence-corrected chi connectivity index (χ0v) is 12.6. The van der Waals surface area contributed by atoms with E-state index in [0.29, 0.717) is 24.7 Å². The van der Waals surface area contributed by atoms with E-state index in [4.69, 9.17) is 9.47 Å². The maximum Gasteiger partial charge on any atom is 0.308 e. The van der Waals surface area contributed by atoms with Gasteiger partial charge in [0.1, 0.15) is 0 Å². The van der Waals surface area contributed by atoms with Gasteiger partial charge in [0.25, 0.3) is 0 Å². The van der Waals surface area contributed by atoms with Gasteiger partial charge in [-0.2, -0.15) is 0 Å². The lowest BCUT2D eigenvalue weighted by molar-refractivity contribution is -0.149. The molecule has 4 atom stereocenters. The fourth-order valence-electron chi connectivity index (χ4n) is 2.93. The Labute approximate surface area is 117 Å². The summed E-state index contributed by atoms with van der Waals surface area (Å²) in [4.78, 5) is 11.9. The summed E-state index contributed by atoms with van der Waals surface area (Å²) in [6.45, 7) is 7.03. The molecule has 3 heteroatoms. The third-order valence-corrected chi connectivity index (χ3v) is 4.39. The van der Waals surface area contributed by atoms with Crippen molar-refractivity contribution in [3.05, 3.63) is 0 Å². The molecule has 1 saturated heterocycles. The van der Waals surface area contributed by atoms with Gasteiger partial charge < -0.3 is 9.47 Å². The molecule has 2 aliphatic rings. The van der Waals surface area contributed by atoms with Gasteiger partial charge in [-0.05, 0) is 37.5 Å². The van der Waals surface area contributed by atoms with Gasteiger partial charge in [0.15, 0.2) is 0 Å². The minimum absolute atomic E-state index is 0.0115. The maximum atomic E-state index is 11.9. The molecule has 2 rings (SSSR count). The molecule has 19 heavy (non-hydrogen) atoms. The molecule has 0 N–H and O–H groups in total. The molecular formula is C16H28O3. The van der Waals surface area contributed by atoms with E-state index in [1.165, 1.54) is 6.42 Å².